The molecule has 0 aliphatic carbocycles. The van der Waals surface area contributed by atoms with Gasteiger partial charge in [-0.25, -0.2) is 4.79 Å². The zero-order valence-electron chi connectivity index (χ0n) is 15.5. The summed E-state index contributed by atoms with van der Waals surface area (Å²) < 4.78 is 16.1. The van der Waals surface area contributed by atoms with Crippen LogP contribution < -0.4 is 14.4 Å². The number of Topliss-reactive ketones (excluding diaryl/α,β-unsaturated/α-hetero) is 1. The average Bonchev–Trinajstić information content (AvgIpc) is 3.17. The molecule has 0 spiro atoms. The van der Waals surface area contributed by atoms with E-state index in [9.17, 15) is 14.4 Å². The van der Waals surface area contributed by atoms with Gasteiger partial charge in [0, 0.05) is 18.5 Å². The van der Waals surface area contributed by atoms with Crippen LogP contribution in [0.1, 0.15) is 33.6 Å². The predicted octanol–water partition coefficient (Wildman–Crippen LogP) is 3.28. The van der Waals surface area contributed by atoms with Gasteiger partial charge >= 0.3 is 5.97 Å². The summed E-state index contributed by atoms with van der Waals surface area (Å²) in [7, 11) is 0. The summed E-state index contributed by atoms with van der Waals surface area (Å²) in [5.74, 6) is 0.00638. The second kappa shape index (κ2) is 8.13. The third kappa shape index (κ3) is 4.05. The van der Waals surface area contributed by atoms with Crippen LogP contribution in [0.4, 0.5) is 5.69 Å². The van der Waals surface area contributed by atoms with Gasteiger partial charge in [-0.15, -0.1) is 0 Å². The van der Waals surface area contributed by atoms with Crippen LogP contribution in [0.15, 0.2) is 36.4 Å². The summed E-state index contributed by atoms with van der Waals surface area (Å²) in [6.07, 6.45) is 1.20. The van der Waals surface area contributed by atoms with Gasteiger partial charge in [0.05, 0.1) is 16.3 Å². The Labute approximate surface area is 172 Å². The highest BCUT2D eigenvalue weighted by Gasteiger charge is 2.25. The van der Waals surface area contributed by atoms with Crippen molar-refractivity contribution < 1.29 is 28.6 Å². The first-order valence-electron chi connectivity index (χ1n) is 9.23. The van der Waals surface area contributed by atoms with Crippen LogP contribution in [0, 0.1) is 0 Å². The fourth-order valence-corrected chi connectivity index (χ4v) is 3.48. The largest absolute Gasteiger partial charge is 0.486 e. The zero-order chi connectivity index (χ0) is 20.4. The molecule has 1 saturated heterocycles. The van der Waals surface area contributed by atoms with Gasteiger partial charge in [0.25, 0.3) is 0 Å². The van der Waals surface area contributed by atoms with E-state index < -0.39 is 12.6 Å². The molecule has 2 aromatic carbocycles. The van der Waals surface area contributed by atoms with Gasteiger partial charge < -0.3 is 19.1 Å². The lowest BCUT2D eigenvalue weighted by Crippen LogP contribution is -2.24. The Balaban J connectivity index is 1.43. The van der Waals surface area contributed by atoms with Crippen molar-refractivity contribution >= 4 is 34.9 Å². The van der Waals surface area contributed by atoms with Crippen LogP contribution in [-0.2, 0) is 9.53 Å². The van der Waals surface area contributed by atoms with E-state index >= 15 is 0 Å². The van der Waals surface area contributed by atoms with Crippen LogP contribution in [0.2, 0.25) is 5.02 Å². The van der Waals surface area contributed by atoms with E-state index in [4.69, 9.17) is 25.8 Å². The molecule has 8 heteroatoms. The third-order valence-electron chi connectivity index (χ3n) is 4.74. The van der Waals surface area contributed by atoms with Gasteiger partial charge in [0.1, 0.15) is 13.2 Å². The fraction of sp³-hybridized carbons (Fsp3) is 0.286. The maximum absolute atomic E-state index is 12.4. The molecule has 150 valence electrons. The van der Waals surface area contributed by atoms with Gasteiger partial charge in [-0.05, 0) is 42.8 Å². The van der Waals surface area contributed by atoms with Crippen molar-refractivity contribution in [3.8, 4) is 11.5 Å². The molecule has 0 saturated carbocycles. The Morgan fingerprint density at radius 3 is 2.55 bits per heavy atom. The highest BCUT2D eigenvalue weighted by Crippen LogP contribution is 2.32. The first-order valence-corrected chi connectivity index (χ1v) is 9.60. The van der Waals surface area contributed by atoms with Gasteiger partial charge in [0.2, 0.25) is 5.91 Å². The molecule has 0 bridgehead atoms. The van der Waals surface area contributed by atoms with Crippen LogP contribution >= 0.6 is 11.6 Å². The molecule has 7 nitrogen and oxygen atoms in total. The number of esters is 1. The highest BCUT2D eigenvalue weighted by molar-refractivity contribution is 6.34. The minimum absolute atomic E-state index is 0.0359. The summed E-state index contributed by atoms with van der Waals surface area (Å²) in [6.45, 7) is 1.01. The molecule has 1 amide bonds. The van der Waals surface area contributed by atoms with Gasteiger partial charge in [0.15, 0.2) is 23.9 Å². The smallest absolute Gasteiger partial charge is 0.338 e. The first kappa shape index (κ1) is 19.3. The number of benzene rings is 2. The number of rotatable bonds is 5. The van der Waals surface area contributed by atoms with E-state index in [2.05, 4.69) is 0 Å². The standard InChI is InChI=1S/C21H18ClNO6/c22-15-5-3-14(10-16(15)23-7-1-2-20(23)25)21(26)29-12-17(24)13-4-6-18-19(11-13)28-9-8-27-18/h3-6,10-11H,1-2,7-9,12H2. The minimum atomic E-state index is -0.666. The molecular weight excluding hydrogens is 398 g/mol. The number of ketones is 1. The first-order chi connectivity index (χ1) is 14.0. The molecule has 2 aliphatic rings. The lowest BCUT2D eigenvalue weighted by atomic mass is 10.1. The summed E-state index contributed by atoms with van der Waals surface area (Å²) in [5.41, 5.74) is 1.06. The van der Waals surface area contributed by atoms with Gasteiger partial charge in [-0.2, -0.15) is 0 Å². The average molecular weight is 416 g/mol. The SMILES string of the molecule is O=C(COC(=O)c1ccc(Cl)c(N2CCCC2=O)c1)c1ccc2c(c1)OCCO2. The number of halogens is 1. The maximum atomic E-state index is 12.4. The minimum Gasteiger partial charge on any atom is -0.486 e. The number of hydrogen-bond donors (Lipinski definition) is 0. The molecule has 2 aliphatic heterocycles. The van der Waals surface area contributed by atoms with Crippen molar-refractivity contribution in [2.45, 2.75) is 12.8 Å². The molecule has 0 atom stereocenters. The topological polar surface area (TPSA) is 82.1 Å². The Morgan fingerprint density at radius 1 is 1.03 bits per heavy atom. The van der Waals surface area contributed by atoms with Crippen LogP contribution in [0.3, 0.4) is 0 Å². The normalized spacial score (nSPS) is 15.3. The molecule has 0 unspecified atom stereocenters. The molecule has 2 heterocycles. The number of carbonyl (C=O) groups is 3. The number of carbonyl (C=O) groups excluding carboxylic acids is 3. The molecule has 29 heavy (non-hydrogen) atoms. The van der Waals surface area contributed by atoms with Crippen LogP contribution in [-0.4, -0.2) is 44.0 Å². The van der Waals surface area contributed by atoms with Crippen molar-refractivity contribution in [2.24, 2.45) is 0 Å². The quantitative estimate of drug-likeness (QED) is 0.550. The number of nitrogens with zero attached hydrogens (tertiary/aromatic N) is 1. The number of fused-ring (bicyclic) bond motifs is 1. The molecular formula is C21H18ClNO6. The van der Waals surface area contributed by atoms with Crippen LogP contribution in [0.5, 0.6) is 11.5 Å². The van der Waals surface area contributed by atoms with Crippen molar-refractivity contribution in [3.63, 3.8) is 0 Å². The van der Waals surface area contributed by atoms with E-state index in [-0.39, 0.29) is 17.3 Å². The molecule has 0 aromatic heterocycles. The molecule has 0 N–H and O–H groups in total. The monoisotopic (exact) mass is 415 g/mol. The van der Waals surface area contributed by atoms with Gasteiger partial charge in [-0.3, -0.25) is 9.59 Å². The zero-order valence-corrected chi connectivity index (χ0v) is 16.2. The lowest BCUT2D eigenvalue weighted by molar-refractivity contribution is -0.117. The number of anilines is 1. The predicted molar refractivity (Wildman–Crippen MR) is 105 cm³/mol. The van der Waals surface area contributed by atoms with Gasteiger partial charge in [-0.1, -0.05) is 11.6 Å². The van der Waals surface area contributed by atoms with E-state index in [1.807, 2.05) is 0 Å². The summed E-state index contributed by atoms with van der Waals surface area (Å²) in [5, 5.41) is 0.379. The Hall–Kier alpha value is -3.06. The Bertz CT molecular complexity index is 989. The second-order valence-electron chi connectivity index (χ2n) is 6.67. The second-order valence-corrected chi connectivity index (χ2v) is 7.08. The van der Waals surface area contributed by atoms with E-state index in [0.717, 1.165) is 6.42 Å². The van der Waals surface area contributed by atoms with Crippen molar-refractivity contribution in [1.82, 2.24) is 0 Å². The Morgan fingerprint density at radius 2 is 1.79 bits per heavy atom. The summed E-state index contributed by atoms with van der Waals surface area (Å²) in [6, 6.07) is 9.39. The van der Waals surface area contributed by atoms with E-state index in [1.54, 1.807) is 29.2 Å². The van der Waals surface area contributed by atoms with Crippen molar-refractivity contribution in [3.05, 3.63) is 52.5 Å². The maximum Gasteiger partial charge on any atom is 0.338 e. The van der Waals surface area contributed by atoms with E-state index in [0.29, 0.717) is 54.0 Å². The molecule has 4 rings (SSSR count). The van der Waals surface area contributed by atoms with Crippen molar-refractivity contribution in [2.75, 3.05) is 31.3 Å². The Kier molecular flexibility index (Phi) is 5.40. The molecule has 0 radical (unpaired) electrons. The molecule has 1 fully saturated rings. The van der Waals surface area contributed by atoms with Crippen molar-refractivity contribution in [1.29, 1.82) is 0 Å². The fourth-order valence-electron chi connectivity index (χ4n) is 3.26. The highest BCUT2D eigenvalue weighted by atomic mass is 35.5. The summed E-state index contributed by atoms with van der Waals surface area (Å²) in [4.78, 5) is 38.3. The molecule has 2 aromatic rings. The van der Waals surface area contributed by atoms with Crippen LogP contribution in [0.25, 0.3) is 0 Å². The number of amides is 1. The number of ether oxygens (including phenoxy) is 3. The number of hydrogen-bond acceptors (Lipinski definition) is 6. The third-order valence-corrected chi connectivity index (χ3v) is 5.06. The lowest BCUT2D eigenvalue weighted by Gasteiger charge is -2.18. The summed E-state index contributed by atoms with van der Waals surface area (Å²) >= 11 is 6.19. The van der Waals surface area contributed by atoms with E-state index in [1.165, 1.54) is 12.1 Å².